The fourth-order valence-corrected chi connectivity index (χ4v) is 3.15. The minimum Gasteiger partial charge on any atom is -0.506 e. The second-order valence-corrected chi connectivity index (χ2v) is 9.28. The van der Waals surface area contributed by atoms with E-state index in [-0.39, 0.29) is 23.2 Å². The van der Waals surface area contributed by atoms with E-state index >= 15 is 0 Å². The van der Waals surface area contributed by atoms with Gasteiger partial charge in [0.05, 0.1) is 23.2 Å². The van der Waals surface area contributed by atoms with Crippen molar-refractivity contribution in [3.05, 3.63) is 28.8 Å². The zero-order valence-electron chi connectivity index (χ0n) is 17.5. The molecule has 0 aliphatic carbocycles. The molecule has 5 heteroatoms. The number of hydrogen-bond acceptors (Lipinski definition) is 5. The summed E-state index contributed by atoms with van der Waals surface area (Å²) in [5.74, 6) is 1.94. The highest BCUT2D eigenvalue weighted by atomic mass is 16.5. The van der Waals surface area contributed by atoms with Crippen LogP contribution in [0.1, 0.15) is 65.2 Å². The first-order valence-electron chi connectivity index (χ1n) is 9.87. The second kappa shape index (κ2) is 7.17. The van der Waals surface area contributed by atoms with Crippen LogP contribution in [0.5, 0.6) is 5.75 Å². The summed E-state index contributed by atoms with van der Waals surface area (Å²) < 4.78 is 11.7. The Morgan fingerprint density at radius 2 is 1.30 bits per heavy atom. The molecule has 0 saturated heterocycles. The molecule has 2 aliphatic heterocycles. The molecule has 0 saturated carbocycles. The minimum atomic E-state index is -0.0928. The van der Waals surface area contributed by atoms with Crippen LogP contribution in [0.3, 0.4) is 0 Å². The van der Waals surface area contributed by atoms with Crippen LogP contribution in [0.25, 0.3) is 0 Å². The van der Waals surface area contributed by atoms with Crippen molar-refractivity contribution in [3.63, 3.8) is 0 Å². The van der Waals surface area contributed by atoms with Crippen LogP contribution in [0.2, 0.25) is 0 Å². The predicted octanol–water partition coefficient (Wildman–Crippen LogP) is 4.29. The smallest absolute Gasteiger partial charge is 0.220 e. The minimum absolute atomic E-state index is 0.0928. The van der Waals surface area contributed by atoms with Gasteiger partial charge in [-0.05, 0) is 34.9 Å². The SMILES string of the molecule is CC(C)[C@H]1COC(c2cc(C(C)(C)C)cc(C3=N[C@@H](C(C)C)CO3)c2O)=N1. The van der Waals surface area contributed by atoms with Gasteiger partial charge in [0.2, 0.25) is 11.8 Å². The van der Waals surface area contributed by atoms with Gasteiger partial charge in [-0.15, -0.1) is 0 Å². The third-order valence-electron chi connectivity index (χ3n) is 5.32. The van der Waals surface area contributed by atoms with Crippen molar-refractivity contribution in [2.75, 3.05) is 13.2 Å². The number of phenolic OH excluding ortho intramolecular Hbond substituents is 1. The summed E-state index contributed by atoms with van der Waals surface area (Å²) in [4.78, 5) is 9.41. The van der Waals surface area contributed by atoms with E-state index in [0.29, 0.717) is 48.0 Å². The van der Waals surface area contributed by atoms with E-state index in [2.05, 4.69) is 48.5 Å². The molecule has 3 rings (SSSR count). The molecule has 0 spiro atoms. The van der Waals surface area contributed by atoms with Crippen molar-refractivity contribution in [2.45, 2.75) is 66.0 Å². The Morgan fingerprint density at radius 1 is 0.889 bits per heavy atom. The van der Waals surface area contributed by atoms with Gasteiger partial charge >= 0.3 is 0 Å². The Bertz CT molecular complexity index is 717. The molecule has 5 nitrogen and oxygen atoms in total. The number of ether oxygens (including phenoxy) is 2. The lowest BCUT2D eigenvalue weighted by Crippen LogP contribution is -2.16. The molecule has 2 aliphatic rings. The standard InChI is InChI=1S/C22H32N2O3/c1-12(2)17-10-26-20(23-17)15-8-14(22(5,6)7)9-16(19(15)25)21-24-18(11-27-21)13(3)4/h8-9,12-13,17-18,25H,10-11H2,1-7H3/t17-,18-/m1/s1. The van der Waals surface area contributed by atoms with Gasteiger partial charge in [0, 0.05) is 0 Å². The van der Waals surface area contributed by atoms with Gasteiger partial charge in [0.1, 0.15) is 19.0 Å². The van der Waals surface area contributed by atoms with Crippen LogP contribution >= 0.6 is 0 Å². The lowest BCUT2D eigenvalue weighted by atomic mass is 9.84. The Kier molecular flexibility index (Phi) is 5.24. The van der Waals surface area contributed by atoms with Crippen molar-refractivity contribution in [1.82, 2.24) is 0 Å². The molecule has 0 amide bonds. The number of rotatable bonds is 4. The van der Waals surface area contributed by atoms with Gasteiger partial charge < -0.3 is 14.6 Å². The van der Waals surface area contributed by atoms with E-state index in [0.717, 1.165) is 5.56 Å². The molecule has 1 aromatic rings. The lowest BCUT2D eigenvalue weighted by molar-refractivity contribution is 0.289. The van der Waals surface area contributed by atoms with Gasteiger partial charge in [-0.1, -0.05) is 48.5 Å². The summed E-state index contributed by atoms with van der Waals surface area (Å²) in [6, 6.07) is 4.20. The molecule has 2 atom stereocenters. The molecule has 0 aromatic heterocycles. The Labute approximate surface area is 162 Å². The molecule has 0 unspecified atom stereocenters. The quantitative estimate of drug-likeness (QED) is 0.857. The molecule has 1 aromatic carbocycles. The molecule has 27 heavy (non-hydrogen) atoms. The number of aromatic hydroxyl groups is 1. The maximum Gasteiger partial charge on any atom is 0.220 e. The number of benzene rings is 1. The summed E-state index contributed by atoms with van der Waals surface area (Å²) in [5.41, 5.74) is 2.24. The van der Waals surface area contributed by atoms with Crippen LogP contribution < -0.4 is 0 Å². The molecular formula is C22H32N2O3. The average Bonchev–Trinajstić information content (AvgIpc) is 3.23. The number of phenols is 1. The molecule has 1 N–H and O–H groups in total. The zero-order chi connectivity index (χ0) is 19.9. The first-order chi connectivity index (χ1) is 12.6. The summed E-state index contributed by atoms with van der Waals surface area (Å²) in [6.45, 7) is 16.1. The summed E-state index contributed by atoms with van der Waals surface area (Å²) >= 11 is 0. The van der Waals surface area contributed by atoms with E-state index in [1.807, 2.05) is 12.1 Å². The summed E-state index contributed by atoms with van der Waals surface area (Å²) in [6.07, 6.45) is 0. The molecular weight excluding hydrogens is 340 g/mol. The molecule has 0 bridgehead atoms. The van der Waals surface area contributed by atoms with Gasteiger partial charge in [-0.3, -0.25) is 0 Å². The van der Waals surface area contributed by atoms with E-state index in [1.165, 1.54) is 0 Å². The highest BCUT2D eigenvalue weighted by Crippen LogP contribution is 2.35. The predicted molar refractivity (Wildman–Crippen MR) is 109 cm³/mol. The molecule has 0 radical (unpaired) electrons. The maximum absolute atomic E-state index is 11.0. The van der Waals surface area contributed by atoms with Crippen LogP contribution in [0.15, 0.2) is 22.1 Å². The van der Waals surface area contributed by atoms with Crippen LogP contribution in [0, 0.1) is 11.8 Å². The van der Waals surface area contributed by atoms with Gasteiger partial charge in [-0.2, -0.15) is 0 Å². The van der Waals surface area contributed by atoms with Crippen molar-refractivity contribution in [3.8, 4) is 5.75 Å². The largest absolute Gasteiger partial charge is 0.506 e. The first-order valence-corrected chi connectivity index (χ1v) is 9.87. The Hall–Kier alpha value is -2.04. The topological polar surface area (TPSA) is 63.4 Å². The second-order valence-electron chi connectivity index (χ2n) is 9.28. The third-order valence-corrected chi connectivity index (χ3v) is 5.32. The van der Waals surface area contributed by atoms with Crippen molar-refractivity contribution < 1.29 is 14.6 Å². The van der Waals surface area contributed by atoms with E-state index < -0.39 is 0 Å². The third kappa shape index (κ3) is 3.97. The van der Waals surface area contributed by atoms with Gasteiger partial charge in [0.15, 0.2) is 0 Å². The van der Waals surface area contributed by atoms with Crippen LogP contribution in [-0.2, 0) is 14.9 Å². The number of aliphatic imine (C=N–C) groups is 2. The van der Waals surface area contributed by atoms with E-state index in [1.54, 1.807) is 0 Å². The Balaban J connectivity index is 2.10. The lowest BCUT2D eigenvalue weighted by Gasteiger charge is -2.22. The van der Waals surface area contributed by atoms with E-state index in [9.17, 15) is 5.11 Å². The normalized spacial score (nSPS) is 22.7. The van der Waals surface area contributed by atoms with E-state index in [4.69, 9.17) is 19.5 Å². The van der Waals surface area contributed by atoms with Gasteiger partial charge in [0.25, 0.3) is 0 Å². The average molecular weight is 373 g/mol. The fourth-order valence-electron chi connectivity index (χ4n) is 3.15. The fraction of sp³-hybridized carbons (Fsp3) is 0.636. The monoisotopic (exact) mass is 372 g/mol. The van der Waals surface area contributed by atoms with Crippen molar-refractivity contribution in [2.24, 2.45) is 21.8 Å². The Morgan fingerprint density at radius 3 is 1.59 bits per heavy atom. The van der Waals surface area contributed by atoms with Crippen molar-refractivity contribution >= 4 is 11.8 Å². The van der Waals surface area contributed by atoms with Crippen molar-refractivity contribution in [1.29, 1.82) is 0 Å². The zero-order valence-corrected chi connectivity index (χ0v) is 17.5. The van der Waals surface area contributed by atoms with Gasteiger partial charge in [-0.25, -0.2) is 9.98 Å². The molecule has 148 valence electrons. The highest BCUT2D eigenvalue weighted by Gasteiger charge is 2.31. The summed E-state index contributed by atoms with van der Waals surface area (Å²) in [7, 11) is 0. The van der Waals surface area contributed by atoms with Crippen LogP contribution in [0.4, 0.5) is 0 Å². The first kappa shape index (κ1) is 19.7. The number of nitrogens with zero attached hydrogens (tertiary/aromatic N) is 2. The maximum atomic E-state index is 11.0. The molecule has 0 fully saturated rings. The summed E-state index contributed by atoms with van der Waals surface area (Å²) in [5, 5.41) is 11.0. The van der Waals surface area contributed by atoms with Crippen LogP contribution in [-0.4, -0.2) is 42.2 Å². The molecule has 2 heterocycles. The number of hydrogen-bond donors (Lipinski definition) is 1. The highest BCUT2D eigenvalue weighted by molar-refractivity contribution is 6.05.